The predicted octanol–water partition coefficient (Wildman–Crippen LogP) is 1.05. The van der Waals surface area contributed by atoms with E-state index in [0.29, 0.717) is 0 Å². The Hall–Kier alpha value is -1.86. The van der Waals surface area contributed by atoms with Gasteiger partial charge in [-0.2, -0.15) is 0 Å². The molecule has 0 saturated carbocycles. The highest BCUT2D eigenvalue weighted by atomic mass is 16.5. The van der Waals surface area contributed by atoms with Crippen molar-refractivity contribution in [1.82, 2.24) is 0 Å². The predicted molar refractivity (Wildman–Crippen MR) is 86.2 cm³/mol. The maximum absolute atomic E-state index is 7.17. The minimum Gasteiger partial charge on any atom is -0.402 e. The zero-order chi connectivity index (χ0) is 16.3. The molecule has 0 fully saturated rings. The lowest BCUT2D eigenvalue weighted by atomic mass is 9.99. The van der Waals surface area contributed by atoms with Crippen molar-refractivity contribution in [2.45, 2.75) is 13.3 Å². The molecule has 0 aliphatic rings. The quantitative estimate of drug-likeness (QED) is 0.420. The van der Waals surface area contributed by atoms with E-state index in [1.807, 2.05) is 18.2 Å². The van der Waals surface area contributed by atoms with Crippen LogP contribution in [0.3, 0.4) is 0 Å². The van der Waals surface area contributed by atoms with Crippen LogP contribution in [0, 0.1) is 0 Å². The number of benzene rings is 2. The van der Waals surface area contributed by atoms with Crippen LogP contribution in [0.1, 0.15) is 12.5 Å². The monoisotopic (exact) mass is 291 g/mol. The summed E-state index contributed by atoms with van der Waals surface area (Å²) in [6.07, 6.45) is 0.979. The van der Waals surface area contributed by atoms with E-state index in [-0.39, 0.29) is 0 Å². The van der Waals surface area contributed by atoms with E-state index >= 15 is 0 Å². The molecule has 6 heteroatoms. The first-order valence-electron chi connectivity index (χ1n) is 6.48. The fourth-order valence-corrected chi connectivity index (χ4v) is 1.79. The van der Waals surface area contributed by atoms with Crippen LogP contribution in [0.4, 0.5) is 5.69 Å². The molecule has 114 valence electrons. The molecular weight excluding hydrogens is 269 g/mol. The standard InChI is InChI=1S/C14H15N.CH4O.BH3O3/c1-2-11-9-6-10-13(14(11)15)12-7-4-3-5-8-12;1-2;2-1(3)4/h3-10H,2,15H2,1H3;2H,1H3;2-4H. The zero-order valence-electron chi connectivity index (χ0n) is 12.3. The number of nitrogen functional groups attached to an aromatic ring is 1. The molecule has 21 heavy (non-hydrogen) atoms. The zero-order valence-corrected chi connectivity index (χ0v) is 12.3. The van der Waals surface area contributed by atoms with Gasteiger partial charge in [-0.15, -0.1) is 0 Å². The second kappa shape index (κ2) is 10.9. The summed E-state index contributed by atoms with van der Waals surface area (Å²) in [5.41, 5.74) is 10.6. The average molecular weight is 291 g/mol. The summed E-state index contributed by atoms with van der Waals surface area (Å²) in [6.45, 7) is 2.13. The number of aryl methyl sites for hydroxylation is 1. The molecule has 0 radical (unpaired) electrons. The van der Waals surface area contributed by atoms with E-state index in [9.17, 15) is 0 Å². The number of nitrogens with two attached hydrogens (primary N) is 1. The van der Waals surface area contributed by atoms with Crippen LogP contribution in [0.5, 0.6) is 0 Å². The topological polar surface area (TPSA) is 107 Å². The van der Waals surface area contributed by atoms with Crippen molar-refractivity contribution < 1.29 is 20.2 Å². The number of hydrogen-bond donors (Lipinski definition) is 5. The molecule has 2 aromatic carbocycles. The number of hydrogen-bond acceptors (Lipinski definition) is 5. The summed E-state index contributed by atoms with van der Waals surface area (Å²) in [6, 6.07) is 16.5. The van der Waals surface area contributed by atoms with Gasteiger partial charge in [-0.1, -0.05) is 55.5 Å². The van der Waals surface area contributed by atoms with E-state index < -0.39 is 7.32 Å². The second-order valence-electron chi connectivity index (χ2n) is 3.94. The van der Waals surface area contributed by atoms with Crippen molar-refractivity contribution in [3.8, 4) is 11.1 Å². The largest absolute Gasteiger partial charge is 0.631 e. The van der Waals surface area contributed by atoms with Crippen LogP contribution in [0.25, 0.3) is 11.1 Å². The second-order valence-corrected chi connectivity index (χ2v) is 3.94. The van der Waals surface area contributed by atoms with Crippen LogP contribution >= 0.6 is 0 Å². The van der Waals surface area contributed by atoms with Crippen LogP contribution in [-0.4, -0.2) is 34.6 Å². The Morgan fingerprint density at radius 3 is 1.90 bits per heavy atom. The fraction of sp³-hybridized carbons (Fsp3) is 0.200. The molecule has 0 spiro atoms. The number of aliphatic hydroxyl groups excluding tert-OH is 1. The maximum Gasteiger partial charge on any atom is 0.631 e. The van der Waals surface area contributed by atoms with Gasteiger partial charge in [0.15, 0.2) is 0 Å². The molecule has 0 unspecified atom stereocenters. The van der Waals surface area contributed by atoms with Gasteiger partial charge in [-0.05, 0) is 17.5 Å². The van der Waals surface area contributed by atoms with Gasteiger partial charge < -0.3 is 25.9 Å². The summed E-state index contributed by atoms with van der Waals surface area (Å²) in [4.78, 5) is 0. The van der Waals surface area contributed by atoms with Crippen molar-refractivity contribution >= 4 is 13.0 Å². The van der Waals surface area contributed by atoms with Gasteiger partial charge >= 0.3 is 7.32 Å². The fourth-order valence-electron chi connectivity index (χ4n) is 1.79. The summed E-state index contributed by atoms with van der Waals surface area (Å²) in [5, 5.41) is 28.5. The van der Waals surface area contributed by atoms with Crippen LogP contribution in [0.2, 0.25) is 0 Å². The Labute approximate surface area is 125 Å². The van der Waals surface area contributed by atoms with Crippen molar-refractivity contribution in [2.75, 3.05) is 12.8 Å². The lowest BCUT2D eigenvalue weighted by molar-refractivity contribution is 0.278. The van der Waals surface area contributed by atoms with Crippen LogP contribution in [0.15, 0.2) is 48.5 Å². The first-order valence-corrected chi connectivity index (χ1v) is 6.48. The molecule has 0 amide bonds. The first-order chi connectivity index (χ1) is 10.1. The Balaban J connectivity index is 0.000000579. The molecular formula is C15H22BNO4. The lowest BCUT2D eigenvalue weighted by Gasteiger charge is -2.09. The summed E-state index contributed by atoms with van der Waals surface area (Å²) < 4.78 is 0. The Morgan fingerprint density at radius 1 is 0.905 bits per heavy atom. The SMILES string of the molecule is CCc1cccc(-c2ccccc2)c1N.CO.OB(O)O. The Bertz CT molecular complexity index is 504. The molecule has 0 aromatic heterocycles. The molecule has 0 aliphatic heterocycles. The third kappa shape index (κ3) is 6.92. The molecule has 0 saturated heterocycles. The molecule has 6 N–H and O–H groups in total. The number of aliphatic hydroxyl groups is 1. The third-order valence-electron chi connectivity index (χ3n) is 2.66. The van der Waals surface area contributed by atoms with Gasteiger partial charge in [0.1, 0.15) is 0 Å². The maximum atomic E-state index is 7.17. The lowest BCUT2D eigenvalue weighted by Crippen LogP contribution is -2.07. The number of rotatable bonds is 2. The minimum atomic E-state index is -2.17. The highest BCUT2D eigenvalue weighted by Crippen LogP contribution is 2.28. The highest BCUT2D eigenvalue weighted by Gasteiger charge is 2.04. The average Bonchev–Trinajstić information content (AvgIpc) is 2.50. The van der Waals surface area contributed by atoms with Gasteiger partial charge in [-0.25, -0.2) is 0 Å². The molecule has 0 aliphatic carbocycles. The molecule has 0 heterocycles. The van der Waals surface area contributed by atoms with Crippen molar-refractivity contribution in [1.29, 1.82) is 0 Å². The summed E-state index contributed by atoms with van der Waals surface area (Å²) in [5.74, 6) is 0. The van der Waals surface area contributed by atoms with E-state index in [2.05, 4.69) is 37.3 Å². The molecule has 2 aromatic rings. The highest BCUT2D eigenvalue weighted by molar-refractivity contribution is 6.30. The van der Waals surface area contributed by atoms with Gasteiger partial charge in [-0.3, -0.25) is 0 Å². The first kappa shape index (κ1) is 19.1. The van der Waals surface area contributed by atoms with Gasteiger partial charge in [0.05, 0.1) is 0 Å². The van der Waals surface area contributed by atoms with E-state index in [1.165, 1.54) is 11.1 Å². The molecule has 0 bridgehead atoms. The van der Waals surface area contributed by atoms with E-state index in [0.717, 1.165) is 24.8 Å². The Kier molecular flexibility index (Phi) is 9.92. The third-order valence-corrected chi connectivity index (χ3v) is 2.66. The molecule has 2 rings (SSSR count). The summed E-state index contributed by atoms with van der Waals surface area (Å²) >= 11 is 0. The summed E-state index contributed by atoms with van der Waals surface area (Å²) in [7, 11) is -1.17. The number of para-hydroxylation sites is 1. The van der Waals surface area contributed by atoms with Crippen LogP contribution < -0.4 is 5.73 Å². The van der Waals surface area contributed by atoms with Crippen LogP contribution in [-0.2, 0) is 6.42 Å². The van der Waals surface area contributed by atoms with Gasteiger partial charge in [0.2, 0.25) is 0 Å². The van der Waals surface area contributed by atoms with Crippen molar-refractivity contribution in [2.24, 2.45) is 0 Å². The van der Waals surface area contributed by atoms with E-state index in [4.69, 9.17) is 25.9 Å². The smallest absolute Gasteiger partial charge is 0.402 e. The minimum absolute atomic E-state index is 0.909. The number of anilines is 1. The normalized spacial score (nSPS) is 8.86. The van der Waals surface area contributed by atoms with E-state index in [1.54, 1.807) is 0 Å². The molecule has 5 nitrogen and oxygen atoms in total. The van der Waals surface area contributed by atoms with Crippen molar-refractivity contribution in [3.05, 3.63) is 54.1 Å². The van der Waals surface area contributed by atoms with Crippen molar-refractivity contribution in [3.63, 3.8) is 0 Å². The Morgan fingerprint density at radius 2 is 1.43 bits per heavy atom. The van der Waals surface area contributed by atoms with Gasteiger partial charge in [0, 0.05) is 18.4 Å². The van der Waals surface area contributed by atoms with Gasteiger partial charge in [0.25, 0.3) is 0 Å². The molecule has 0 atom stereocenters.